The Morgan fingerprint density at radius 3 is 2.87 bits per heavy atom. The first-order valence-corrected chi connectivity index (χ1v) is 4.71. The van der Waals surface area contributed by atoms with Crippen molar-refractivity contribution in [1.82, 2.24) is 15.2 Å². The van der Waals surface area contributed by atoms with Crippen LogP contribution < -0.4 is 10.7 Å². The van der Waals surface area contributed by atoms with Crippen LogP contribution in [0, 0.1) is 0 Å². The molecule has 0 aliphatic rings. The van der Waals surface area contributed by atoms with Crippen LogP contribution >= 0.6 is 0 Å². The van der Waals surface area contributed by atoms with Crippen LogP contribution in [0.4, 0.5) is 0 Å². The molecule has 0 fully saturated rings. The summed E-state index contributed by atoms with van der Waals surface area (Å²) < 4.78 is 0. The molecule has 0 radical (unpaired) electrons. The third kappa shape index (κ3) is 3.55. The first kappa shape index (κ1) is 11.5. The van der Waals surface area contributed by atoms with Gasteiger partial charge in [0.2, 0.25) is 0 Å². The highest BCUT2D eigenvalue weighted by Crippen LogP contribution is 1.87. The van der Waals surface area contributed by atoms with Gasteiger partial charge in [0, 0.05) is 31.5 Å². The monoisotopic (exact) mass is 209 g/mol. The second-order valence-electron chi connectivity index (χ2n) is 3.48. The van der Waals surface area contributed by atoms with Crippen LogP contribution in [-0.2, 0) is 0 Å². The number of hydrogen-bond donors (Lipinski definition) is 2. The fourth-order valence-electron chi connectivity index (χ4n) is 1.08. The van der Waals surface area contributed by atoms with Gasteiger partial charge in [-0.05, 0) is 14.1 Å². The minimum absolute atomic E-state index is 0.149. The average molecular weight is 209 g/mol. The number of aromatic amines is 1. The maximum Gasteiger partial charge on any atom is 0.256 e. The summed E-state index contributed by atoms with van der Waals surface area (Å²) in [6.07, 6.45) is 2.91. The fourth-order valence-corrected chi connectivity index (χ4v) is 1.08. The number of carbonyl (C=O) groups is 1. The molecule has 0 saturated carbocycles. The molecule has 0 aliphatic carbocycles. The Morgan fingerprint density at radius 2 is 2.27 bits per heavy atom. The molecule has 0 unspecified atom stereocenters. The zero-order valence-electron chi connectivity index (χ0n) is 8.91. The van der Waals surface area contributed by atoms with E-state index in [1.165, 1.54) is 18.5 Å². The van der Waals surface area contributed by atoms with Gasteiger partial charge in [-0.3, -0.25) is 9.59 Å². The Kier molecular flexibility index (Phi) is 4.05. The number of aromatic nitrogens is 1. The molecule has 5 heteroatoms. The van der Waals surface area contributed by atoms with E-state index in [1.807, 2.05) is 19.0 Å². The van der Waals surface area contributed by atoms with Crippen LogP contribution in [-0.4, -0.2) is 43.0 Å². The Balaban J connectivity index is 2.55. The summed E-state index contributed by atoms with van der Waals surface area (Å²) in [4.78, 5) is 27.4. The second-order valence-corrected chi connectivity index (χ2v) is 3.48. The molecule has 1 amide bonds. The maximum absolute atomic E-state index is 11.5. The first-order chi connectivity index (χ1) is 7.11. The molecule has 15 heavy (non-hydrogen) atoms. The van der Waals surface area contributed by atoms with Gasteiger partial charge in [-0.2, -0.15) is 0 Å². The molecular weight excluding hydrogens is 194 g/mol. The van der Waals surface area contributed by atoms with Crippen molar-refractivity contribution in [3.8, 4) is 0 Å². The molecule has 1 rings (SSSR count). The van der Waals surface area contributed by atoms with E-state index in [0.717, 1.165) is 6.54 Å². The topological polar surface area (TPSA) is 65.2 Å². The number of nitrogens with zero attached hydrogens (tertiary/aromatic N) is 1. The van der Waals surface area contributed by atoms with Crippen molar-refractivity contribution in [2.75, 3.05) is 27.2 Å². The lowest BCUT2D eigenvalue weighted by atomic mass is 10.2. The summed E-state index contributed by atoms with van der Waals surface area (Å²) in [5.41, 5.74) is -0.118. The van der Waals surface area contributed by atoms with E-state index in [0.29, 0.717) is 6.54 Å². The molecule has 5 nitrogen and oxygen atoms in total. The SMILES string of the molecule is CN(C)CCNC(=O)c1c[nH]ccc1=O. The van der Waals surface area contributed by atoms with E-state index in [9.17, 15) is 9.59 Å². The summed E-state index contributed by atoms with van der Waals surface area (Å²) in [7, 11) is 3.84. The zero-order valence-corrected chi connectivity index (χ0v) is 8.91. The van der Waals surface area contributed by atoms with E-state index in [1.54, 1.807) is 0 Å². The minimum atomic E-state index is -0.335. The summed E-state index contributed by atoms with van der Waals surface area (Å²) in [6, 6.07) is 1.33. The molecule has 0 atom stereocenters. The number of likely N-dealkylation sites (N-methyl/N-ethyl adjacent to an activating group) is 1. The van der Waals surface area contributed by atoms with Gasteiger partial charge in [0.05, 0.1) is 0 Å². The highest BCUT2D eigenvalue weighted by molar-refractivity contribution is 5.93. The van der Waals surface area contributed by atoms with Gasteiger partial charge in [-0.1, -0.05) is 0 Å². The number of amides is 1. The van der Waals surface area contributed by atoms with Gasteiger partial charge in [-0.25, -0.2) is 0 Å². The molecule has 2 N–H and O–H groups in total. The van der Waals surface area contributed by atoms with E-state index in [2.05, 4.69) is 10.3 Å². The molecule has 0 aliphatic heterocycles. The number of nitrogens with one attached hydrogen (secondary N) is 2. The van der Waals surface area contributed by atoms with Crippen LogP contribution in [0.1, 0.15) is 10.4 Å². The van der Waals surface area contributed by atoms with E-state index in [4.69, 9.17) is 0 Å². The first-order valence-electron chi connectivity index (χ1n) is 4.71. The molecule has 82 valence electrons. The third-order valence-corrected chi connectivity index (χ3v) is 1.91. The number of H-pyrrole nitrogens is 1. The van der Waals surface area contributed by atoms with Crippen molar-refractivity contribution >= 4 is 5.91 Å². The van der Waals surface area contributed by atoms with E-state index >= 15 is 0 Å². The molecule has 1 heterocycles. The molecule has 1 aromatic rings. The molecule has 0 aromatic carbocycles. The van der Waals surface area contributed by atoms with Crippen molar-refractivity contribution in [1.29, 1.82) is 0 Å². The predicted octanol–water partition coefficient (Wildman–Crippen LogP) is -0.334. The van der Waals surface area contributed by atoms with Gasteiger partial charge < -0.3 is 15.2 Å². The maximum atomic E-state index is 11.5. The quantitative estimate of drug-likeness (QED) is 0.713. The highest BCUT2D eigenvalue weighted by Gasteiger charge is 2.07. The van der Waals surface area contributed by atoms with Gasteiger partial charge in [0.1, 0.15) is 5.56 Å². The molecule has 0 spiro atoms. The van der Waals surface area contributed by atoms with Gasteiger partial charge in [0.15, 0.2) is 5.43 Å². The van der Waals surface area contributed by atoms with Gasteiger partial charge >= 0.3 is 0 Å². The normalized spacial score (nSPS) is 10.3. The number of rotatable bonds is 4. The van der Waals surface area contributed by atoms with E-state index < -0.39 is 0 Å². The van der Waals surface area contributed by atoms with Crippen molar-refractivity contribution in [2.45, 2.75) is 0 Å². The summed E-state index contributed by atoms with van der Waals surface area (Å²) in [6.45, 7) is 1.27. The Hall–Kier alpha value is -1.62. The van der Waals surface area contributed by atoms with E-state index in [-0.39, 0.29) is 16.9 Å². The fraction of sp³-hybridized carbons (Fsp3) is 0.400. The summed E-state index contributed by atoms with van der Waals surface area (Å²) in [5.74, 6) is -0.335. The van der Waals surface area contributed by atoms with Crippen LogP contribution in [0.15, 0.2) is 23.3 Å². The lowest BCUT2D eigenvalue weighted by molar-refractivity contribution is 0.0949. The summed E-state index contributed by atoms with van der Waals surface area (Å²) >= 11 is 0. The Labute approximate surface area is 88.1 Å². The largest absolute Gasteiger partial charge is 0.367 e. The number of carbonyl (C=O) groups excluding carboxylic acids is 1. The molecular formula is C10H15N3O2. The lowest BCUT2D eigenvalue weighted by Gasteiger charge is -2.09. The third-order valence-electron chi connectivity index (χ3n) is 1.91. The van der Waals surface area contributed by atoms with Crippen molar-refractivity contribution in [3.63, 3.8) is 0 Å². The second kappa shape index (κ2) is 5.31. The Morgan fingerprint density at radius 1 is 1.53 bits per heavy atom. The zero-order chi connectivity index (χ0) is 11.3. The van der Waals surface area contributed by atoms with Gasteiger partial charge in [-0.15, -0.1) is 0 Å². The lowest BCUT2D eigenvalue weighted by Crippen LogP contribution is -2.33. The number of hydrogen-bond acceptors (Lipinski definition) is 3. The summed E-state index contributed by atoms with van der Waals surface area (Å²) in [5, 5.41) is 2.67. The molecule has 1 aromatic heterocycles. The van der Waals surface area contributed by atoms with Crippen LogP contribution in [0.3, 0.4) is 0 Å². The standard InChI is InChI=1S/C10H15N3O2/c1-13(2)6-5-12-10(15)8-7-11-4-3-9(8)14/h3-4,7H,5-6H2,1-2H3,(H,11,14)(H,12,15). The minimum Gasteiger partial charge on any atom is -0.367 e. The molecule has 0 bridgehead atoms. The Bertz CT molecular complexity index is 384. The van der Waals surface area contributed by atoms with Crippen LogP contribution in [0.5, 0.6) is 0 Å². The number of pyridine rings is 1. The molecule has 0 saturated heterocycles. The van der Waals surface area contributed by atoms with Crippen LogP contribution in [0.25, 0.3) is 0 Å². The average Bonchev–Trinajstić information content (AvgIpc) is 2.17. The van der Waals surface area contributed by atoms with Crippen molar-refractivity contribution < 1.29 is 4.79 Å². The van der Waals surface area contributed by atoms with Gasteiger partial charge in [0.25, 0.3) is 5.91 Å². The smallest absolute Gasteiger partial charge is 0.256 e. The predicted molar refractivity (Wildman–Crippen MR) is 57.9 cm³/mol. The highest BCUT2D eigenvalue weighted by atomic mass is 16.2. The van der Waals surface area contributed by atoms with Crippen molar-refractivity contribution in [2.24, 2.45) is 0 Å². The van der Waals surface area contributed by atoms with Crippen molar-refractivity contribution in [3.05, 3.63) is 34.2 Å². The van der Waals surface area contributed by atoms with Crippen LogP contribution in [0.2, 0.25) is 0 Å².